The van der Waals surface area contributed by atoms with Crippen LogP contribution >= 0.6 is 0 Å². The Kier molecular flexibility index (Phi) is 13.6. The maximum atomic E-state index is 9.53. The van der Waals surface area contributed by atoms with Gasteiger partial charge < -0.3 is 33.5 Å². The maximum absolute atomic E-state index is 9.53. The Morgan fingerprint density at radius 1 is 0.846 bits per heavy atom. The van der Waals surface area contributed by atoms with Crippen LogP contribution in [0.4, 0.5) is 0 Å². The fourth-order valence-corrected chi connectivity index (χ4v) is 1.74. The van der Waals surface area contributed by atoms with Crippen LogP contribution in [0.25, 0.3) is 0 Å². The number of aromatic hydroxyl groups is 1. The van der Waals surface area contributed by atoms with Gasteiger partial charge in [-0.15, -0.1) is 0 Å². The van der Waals surface area contributed by atoms with Crippen LogP contribution in [0.5, 0.6) is 11.5 Å². The Labute approximate surface area is 154 Å². The standard InChI is InChI=1S/C19H28O7/c1-21-16-25-17-24-11-7-3-2-6-10-22-12-13-23-14-15-26-19-9-5-4-8-18(19)20/h4-11,20H,2-3,12-17H2,1H3/b10-6+,11-7+. The fourth-order valence-electron chi connectivity index (χ4n) is 1.74. The Morgan fingerprint density at radius 2 is 1.58 bits per heavy atom. The summed E-state index contributed by atoms with van der Waals surface area (Å²) in [5, 5.41) is 9.53. The van der Waals surface area contributed by atoms with E-state index in [0.717, 1.165) is 12.8 Å². The summed E-state index contributed by atoms with van der Waals surface area (Å²) >= 11 is 0. The van der Waals surface area contributed by atoms with E-state index in [0.29, 0.717) is 32.2 Å². The van der Waals surface area contributed by atoms with Crippen molar-refractivity contribution in [1.82, 2.24) is 0 Å². The lowest BCUT2D eigenvalue weighted by molar-refractivity contribution is -0.0974. The van der Waals surface area contributed by atoms with Gasteiger partial charge in [0.15, 0.2) is 18.3 Å². The molecule has 1 aromatic carbocycles. The average molecular weight is 368 g/mol. The number of phenols is 1. The van der Waals surface area contributed by atoms with Crippen molar-refractivity contribution in [1.29, 1.82) is 0 Å². The number of phenolic OH excluding ortho intramolecular Hbond substituents is 1. The van der Waals surface area contributed by atoms with Crippen molar-refractivity contribution >= 4 is 0 Å². The highest BCUT2D eigenvalue weighted by atomic mass is 16.7. The predicted molar refractivity (Wildman–Crippen MR) is 96.8 cm³/mol. The minimum atomic E-state index is 0.127. The Hall–Kier alpha value is -2.22. The van der Waals surface area contributed by atoms with Crippen molar-refractivity contribution in [3.8, 4) is 11.5 Å². The lowest BCUT2D eigenvalue weighted by atomic mass is 10.3. The quantitative estimate of drug-likeness (QED) is 0.273. The fraction of sp³-hybridized carbons (Fsp3) is 0.474. The van der Waals surface area contributed by atoms with Gasteiger partial charge in [-0.05, 0) is 37.1 Å². The van der Waals surface area contributed by atoms with Gasteiger partial charge in [-0.25, -0.2) is 0 Å². The summed E-state index contributed by atoms with van der Waals surface area (Å²) < 4.78 is 30.8. The zero-order valence-corrected chi connectivity index (χ0v) is 15.2. The highest BCUT2D eigenvalue weighted by Gasteiger charge is 1.99. The maximum Gasteiger partial charge on any atom is 0.190 e. The first-order valence-corrected chi connectivity index (χ1v) is 8.43. The molecule has 0 atom stereocenters. The lowest BCUT2D eigenvalue weighted by Gasteiger charge is -2.08. The summed E-state index contributed by atoms with van der Waals surface area (Å²) in [7, 11) is 1.56. The molecule has 0 heterocycles. The van der Waals surface area contributed by atoms with Crippen molar-refractivity contribution in [3.05, 3.63) is 48.9 Å². The summed E-state index contributed by atoms with van der Waals surface area (Å²) in [5.41, 5.74) is 0. The second-order valence-electron chi connectivity index (χ2n) is 5.02. The molecule has 0 radical (unpaired) electrons. The first-order valence-electron chi connectivity index (χ1n) is 8.43. The molecular weight excluding hydrogens is 340 g/mol. The zero-order chi connectivity index (χ0) is 18.7. The van der Waals surface area contributed by atoms with Crippen LogP contribution in [-0.4, -0.2) is 52.2 Å². The first-order chi connectivity index (χ1) is 12.8. The van der Waals surface area contributed by atoms with E-state index in [2.05, 4.69) is 0 Å². The highest BCUT2D eigenvalue weighted by Crippen LogP contribution is 2.23. The Morgan fingerprint density at radius 3 is 2.35 bits per heavy atom. The molecule has 0 amide bonds. The van der Waals surface area contributed by atoms with Crippen molar-refractivity contribution in [3.63, 3.8) is 0 Å². The molecule has 7 nitrogen and oxygen atoms in total. The van der Waals surface area contributed by atoms with Crippen LogP contribution in [0.15, 0.2) is 48.9 Å². The zero-order valence-electron chi connectivity index (χ0n) is 15.2. The number of unbranched alkanes of at least 4 members (excludes halogenated alkanes) is 1. The summed E-state index contributed by atoms with van der Waals surface area (Å²) in [5.74, 6) is 0.582. The van der Waals surface area contributed by atoms with Crippen LogP contribution in [0.1, 0.15) is 12.8 Å². The molecule has 0 spiro atoms. The third-order valence-electron chi connectivity index (χ3n) is 2.93. The molecule has 0 aliphatic rings. The van der Waals surface area contributed by atoms with Gasteiger partial charge in [0.2, 0.25) is 0 Å². The van der Waals surface area contributed by atoms with E-state index in [-0.39, 0.29) is 19.3 Å². The molecule has 0 saturated heterocycles. The molecule has 1 rings (SSSR count). The number of methoxy groups -OCH3 is 1. The first kappa shape index (κ1) is 21.8. The summed E-state index contributed by atoms with van der Waals surface area (Å²) in [6.45, 7) is 2.16. The Bertz CT molecular complexity index is 502. The topological polar surface area (TPSA) is 75.6 Å². The van der Waals surface area contributed by atoms with E-state index in [9.17, 15) is 5.11 Å². The van der Waals surface area contributed by atoms with E-state index in [4.69, 9.17) is 28.4 Å². The second kappa shape index (κ2) is 16.3. The molecule has 7 heteroatoms. The number of ether oxygens (including phenoxy) is 6. The van der Waals surface area contributed by atoms with E-state index in [1.165, 1.54) is 0 Å². The molecule has 0 aromatic heterocycles. The van der Waals surface area contributed by atoms with Crippen LogP contribution in [0, 0.1) is 0 Å². The van der Waals surface area contributed by atoms with E-state index >= 15 is 0 Å². The van der Waals surface area contributed by atoms with Crippen LogP contribution in [-0.2, 0) is 23.7 Å². The second-order valence-corrected chi connectivity index (χ2v) is 5.02. The molecule has 146 valence electrons. The van der Waals surface area contributed by atoms with Gasteiger partial charge in [-0.1, -0.05) is 12.1 Å². The third-order valence-corrected chi connectivity index (χ3v) is 2.93. The van der Waals surface area contributed by atoms with Crippen LogP contribution in [0.3, 0.4) is 0 Å². The monoisotopic (exact) mass is 368 g/mol. The highest BCUT2D eigenvalue weighted by molar-refractivity contribution is 5.37. The summed E-state index contributed by atoms with van der Waals surface area (Å²) in [6.07, 6.45) is 8.83. The van der Waals surface area contributed by atoms with Crippen molar-refractivity contribution in [2.75, 3.05) is 47.1 Å². The molecule has 26 heavy (non-hydrogen) atoms. The molecule has 0 saturated carbocycles. The molecule has 0 bridgehead atoms. The SMILES string of the molecule is COCOCO/C=C/CC/C=C/OCCOCCOc1ccccc1O. The van der Waals surface area contributed by atoms with Gasteiger partial charge >= 0.3 is 0 Å². The molecule has 0 fully saturated rings. The number of allylic oxidation sites excluding steroid dienone is 2. The third kappa shape index (κ3) is 12.2. The average Bonchev–Trinajstić information content (AvgIpc) is 2.65. The number of para-hydroxylation sites is 2. The molecular formula is C19H28O7. The normalized spacial score (nSPS) is 11.3. The number of hydrogen-bond donors (Lipinski definition) is 1. The van der Waals surface area contributed by atoms with E-state index < -0.39 is 0 Å². The van der Waals surface area contributed by atoms with Gasteiger partial charge in [0.05, 0.1) is 25.7 Å². The molecule has 0 aliphatic heterocycles. The molecule has 1 N–H and O–H groups in total. The number of hydrogen-bond acceptors (Lipinski definition) is 7. The van der Waals surface area contributed by atoms with Gasteiger partial charge in [-0.2, -0.15) is 0 Å². The molecule has 0 aliphatic carbocycles. The number of benzene rings is 1. The van der Waals surface area contributed by atoms with Gasteiger partial charge in [0, 0.05) is 7.11 Å². The lowest BCUT2D eigenvalue weighted by Crippen LogP contribution is -2.09. The summed E-state index contributed by atoms with van der Waals surface area (Å²) in [4.78, 5) is 0. The van der Waals surface area contributed by atoms with Crippen molar-refractivity contribution < 1.29 is 33.5 Å². The van der Waals surface area contributed by atoms with Crippen molar-refractivity contribution in [2.45, 2.75) is 12.8 Å². The summed E-state index contributed by atoms with van der Waals surface area (Å²) in [6, 6.07) is 6.83. The minimum absolute atomic E-state index is 0.127. The van der Waals surface area contributed by atoms with Gasteiger partial charge in [0.25, 0.3) is 0 Å². The van der Waals surface area contributed by atoms with Crippen LogP contribution < -0.4 is 4.74 Å². The predicted octanol–water partition coefficient (Wildman–Crippen LogP) is 3.21. The number of rotatable bonds is 16. The van der Waals surface area contributed by atoms with Gasteiger partial charge in [-0.3, -0.25) is 0 Å². The Balaban J connectivity index is 1.84. The molecule has 1 aromatic rings. The minimum Gasteiger partial charge on any atom is -0.504 e. The van der Waals surface area contributed by atoms with E-state index in [1.54, 1.807) is 43.9 Å². The van der Waals surface area contributed by atoms with E-state index in [1.807, 2.05) is 12.2 Å². The molecule has 0 unspecified atom stereocenters. The van der Waals surface area contributed by atoms with Gasteiger partial charge in [0.1, 0.15) is 20.0 Å². The largest absolute Gasteiger partial charge is 0.504 e. The smallest absolute Gasteiger partial charge is 0.190 e. The van der Waals surface area contributed by atoms with Crippen molar-refractivity contribution in [2.24, 2.45) is 0 Å². The van der Waals surface area contributed by atoms with Crippen LogP contribution in [0.2, 0.25) is 0 Å².